The monoisotopic (exact) mass is 792 g/mol. The molecular weight excluding hydrogens is 740 g/mol. The van der Waals surface area contributed by atoms with E-state index in [9.17, 15) is 50.4 Å². The number of rotatable bonds is 14. The van der Waals surface area contributed by atoms with E-state index in [-0.39, 0.29) is 24.0 Å². The predicted molar refractivity (Wildman–Crippen MR) is 178 cm³/mol. The van der Waals surface area contributed by atoms with Crippen molar-refractivity contribution in [3.05, 3.63) is 36.3 Å². The fourth-order valence-electron chi connectivity index (χ4n) is 7.85. The van der Waals surface area contributed by atoms with Crippen LogP contribution in [0.5, 0.6) is 0 Å². The number of methoxy groups -OCH3 is 3. The minimum atomic E-state index is -1.74. The molecule has 0 aromatic carbocycles. The largest absolute Gasteiger partial charge is 0.472 e. The summed E-state index contributed by atoms with van der Waals surface area (Å²) in [5, 5.41) is 81.5. The van der Waals surface area contributed by atoms with Gasteiger partial charge in [0.1, 0.15) is 54.9 Å². The van der Waals surface area contributed by atoms with Gasteiger partial charge in [-0.3, -0.25) is 0 Å². The lowest BCUT2D eigenvalue weighted by molar-refractivity contribution is -0.342. The third-order valence-corrected chi connectivity index (χ3v) is 11.1. The topological polar surface area (TPSA) is 288 Å². The van der Waals surface area contributed by atoms with E-state index in [1.54, 1.807) is 6.92 Å². The second kappa shape index (κ2) is 18.6. The van der Waals surface area contributed by atoms with Gasteiger partial charge in [-0.25, -0.2) is 9.59 Å². The number of hydrogen-bond donors (Lipinski definition) is 8. The molecular formula is C35H52O20. The number of carbonyl (C=O) groups is 2. The van der Waals surface area contributed by atoms with Gasteiger partial charge in [0.2, 0.25) is 12.6 Å². The minimum absolute atomic E-state index is 0.0221. The summed E-state index contributed by atoms with van der Waals surface area (Å²) in [5.74, 6) is -5.12. The average Bonchev–Trinajstić information content (AvgIpc) is 3.51. The Kier molecular flexibility index (Phi) is 14.7. The highest BCUT2D eigenvalue weighted by Crippen LogP contribution is 2.49. The van der Waals surface area contributed by atoms with Gasteiger partial charge in [0.05, 0.1) is 44.0 Å². The number of carbonyl (C=O) groups excluding carboxylic acids is 2. The fourth-order valence-corrected chi connectivity index (χ4v) is 7.85. The van der Waals surface area contributed by atoms with Crippen LogP contribution in [0.25, 0.3) is 0 Å². The summed E-state index contributed by atoms with van der Waals surface area (Å²) in [5.41, 5.74) is 0.154. The van der Waals surface area contributed by atoms with Gasteiger partial charge in [0.25, 0.3) is 0 Å². The molecule has 1 aliphatic carbocycles. The molecule has 4 aliphatic heterocycles. The SMILES string of the molecule is C=CC1C(CC(OC)OC)C(C(=O)O[C@H]2CC3C(C(=O)OC)=CO[C@@H](O[C@@H]4O[C@H](CO)[C@@H](O)[C@H](O)[C@H]4O)C3[C@H]2C)=CO[C@H]1O[C@@H]1O[C@H](CO)[C@@H](O)[C@H](O)[C@H]1O. The number of fused-ring (bicyclic) bond motifs is 1. The molecule has 0 aromatic rings. The first-order valence-electron chi connectivity index (χ1n) is 17.8. The molecule has 4 unspecified atom stereocenters. The van der Waals surface area contributed by atoms with Crippen molar-refractivity contribution in [3.8, 4) is 0 Å². The Labute approximate surface area is 316 Å². The minimum Gasteiger partial charge on any atom is -0.472 e. The Hall–Kier alpha value is -2.80. The third-order valence-electron chi connectivity index (χ3n) is 11.1. The molecule has 312 valence electrons. The first-order chi connectivity index (χ1) is 26.2. The van der Waals surface area contributed by atoms with E-state index in [0.29, 0.717) is 0 Å². The molecule has 0 bridgehead atoms. The van der Waals surface area contributed by atoms with Crippen LogP contribution in [0.2, 0.25) is 0 Å². The highest BCUT2D eigenvalue weighted by molar-refractivity contribution is 5.90. The molecule has 4 heterocycles. The number of ether oxygens (including phenoxy) is 10. The molecule has 0 amide bonds. The lowest BCUT2D eigenvalue weighted by Crippen LogP contribution is -2.60. The Morgan fingerprint density at radius 1 is 0.782 bits per heavy atom. The van der Waals surface area contributed by atoms with Crippen molar-refractivity contribution in [2.75, 3.05) is 34.5 Å². The summed E-state index contributed by atoms with van der Waals surface area (Å²) in [6.45, 7) is 4.25. The number of aliphatic hydroxyl groups excluding tert-OH is 8. The predicted octanol–water partition coefficient (Wildman–Crippen LogP) is -3.12. The van der Waals surface area contributed by atoms with E-state index in [0.717, 1.165) is 12.5 Å². The zero-order valence-corrected chi connectivity index (χ0v) is 30.7. The zero-order chi connectivity index (χ0) is 40.3. The molecule has 0 spiro atoms. The van der Waals surface area contributed by atoms with Gasteiger partial charge in [-0.05, 0) is 6.42 Å². The fraction of sp³-hybridized carbons (Fsp3) is 0.771. The second-order valence-corrected chi connectivity index (χ2v) is 14.1. The summed E-state index contributed by atoms with van der Waals surface area (Å²) >= 11 is 0. The summed E-state index contributed by atoms with van der Waals surface area (Å²) in [4.78, 5) is 26.9. The Bertz CT molecular complexity index is 1380. The van der Waals surface area contributed by atoms with Crippen LogP contribution < -0.4 is 0 Å². The van der Waals surface area contributed by atoms with Gasteiger partial charge < -0.3 is 88.2 Å². The standard InChI is InChI=1S/C35H52O20/c1-6-14-15(8-22(46-3)47-4)17(11-49-32(14)54-34-28(42)26(40)24(38)20(9-36)52-34)31(45)51-19-7-16-18(30(44)48-5)12-50-33(23(16)13(19)2)55-35-29(43)27(41)25(39)21(10-37)53-35/h6,11-16,19-29,32-43H,1,7-10H2,2-5H3/t13-,14?,15?,16?,19-,20+,21+,23?,24+,25+,26-,27-,28+,29+,32-,33-,34-,35-/m0/s1. The molecule has 5 rings (SSSR count). The molecule has 55 heavy (non-hydrogen) atoms. The number of esters is 2. The van der Waals surface area contributed by atoms with Crippen LogP contribution in [0.1, 0.15) is 19.8 Å². The highest BCUT2D eigenvalue weighted by Gasteiger charge is 2.55. The van der Waals surface area contributed by atoms with Crippen molar-refractivity contribution in [1.29, 1.82) is 0 Å². The lowest BCUT2D eigenvalue weighted by atomic mass is 9.81. The second-order valence-electron chi connectivity index (χ2n) is 14.1. The maximum Gasteiger partial charge on any atom is 0.337 e. The maximum absolute atomic E-state index is 14.1. The molecule has 20 nitrogen and oxygen atoms in total. The summed E-state index contributed by atoms with van der Waals surface area (Å²) in [7, 11) is 4.00. The van der Waals surface area contributed by atoms with Crippen molar-refractivity contribution < 1.29 is 97.8 Å². The Morgan fingerprint density at radius 3 is 1.82 bits per heavy atom. The number of aliphatic hydroxyl groups is 8. The molecule has 18 atom stereocenters. The zero-order valence-electron chi connectivity index (χ0n) is 30.7. The van der Waals surface area contributed by atoms with Crippen LogP contribution in [-0.4, -0.2) is 174 Å². The van der Waals surface area contributed by atoms with Crippen LogP contribution in [0, 0.1) is 29.6 Å². The molecule has 1 saturated carbocycles. The van der Waals surface area contributed by atoms with Gasteiger partial charge in [0.15, 0.2) is 18.9 Å². The van der Waals surface area contributed by atoms with Crippen LogP contribution in [-0.2, 0) is 57.0 Å². The molecule has 2 saturated heterocycles. The van der Waals surface area contributed by atoms with E-state index < -0.39 is 141 Å². The van der Waals surface area contributed by atoms with E-state index in [4.69, 9.17) is 47.4 Å². The van der Waals surface area contributed by atoms with Gasteiger partial charge >= 0.3 is 11.9 Å². The van der Waals surface area contributed by atoms with Crippen molar-refractivity contribution in [2.24, 2.45) is 29.6 Å². The molecule has 3 fully saturated rings. The highest BCUT2D eigenvalue weighted by atomic mass is 16.8. The molecule has 20 heteroatoms. The van der Waals surface area contributed by atoms with Gasteiger partial charge in [-0.1, -0.05) is 13.0 Å². The summed E-state index contributed by atoms with van der Waals surface area (Å²) in [6.07, 6.45) is -16.1. The van der Waals surface area contributed by atoms with Crippen LogP contribution in [0.4, 0.5) is 0 Å². The van der Waals surface area contributed by atoms with Gasteiger partial charge in [-0.2, -0.15) is 0 Å². The average molecular weight is 793 g/mol. The van der Waals surface area contributed by atoms with Crippen LogP contribution in [0.3, 0.4) is 0 Å². The molecule has 5 aliphatic rings. The van der Waals surface area contributed by atoms with Crippen LogP contribution >= 0.6 is 0 Å². The third kappa shape index (κ3) is 8.72. The van der Waals surface area contributed by atoms with Crippen molar-refractivity contribution in [1.82, 2.24) is 0 Å². The van der Waals surface area contributed by atoms with Gasteiger partial charge in [0, 0.05) is 50.2 Å². The van der Waals surface area contributed by atoms with E-state index in [1.807, 2.05) is 0 Å². The van der Waals surface area contributed by atoms with E-state index >= 15 is 0 Å². The van der Waals surface area contributed by atoms with Crippen molar-refractivity contribution in [2.45, 2.75) is 106 Å². The molecule has 8 N–H and O–H groups in total. The van der Waals surface area contributed by atoms with Gasteiger partial charge in [-0.15, -0.1) is 6.58 Å². The van der Waals surface area contributed by atoms with E-state index in [1.165, 1.54) is 27.4 Å². The lowest BCUT2D eigenvalue weighted by Gasteiger charge is -2.43. The normalized spacial score (nSPS) is 43.0. The van der Waals surface area contributed by atoms with Crippen LogP contribution in [0.15, 0.2) is 36.3 Å². The van der Waals surface area contributed by atoms with Crippen molar-refractivity contribution in [3.63, 3.8) is 0 Å². The quantitative estimate of drug-likeness (QED) is 0.0491. The Morgan fingerprint density at radius 2 is 1.31 bits per heavy atom. The summed E-state index contributed by atoms with van der Waals surface area (Å²) < 4.78 is 56.4. The molecule has 0 aromatic heterocycles. The molecule has 0 radical (unpaired) electrons. The van der Waals surface area contributed by atoms with E-state index in [2.05, 4.69) is 6.58 Å². The first kappa shape index (κ1) is 43.3. The van der Waals surface area contributed by atoms with Crippen molar-refractivity contribution >= 4 is 11.9 Å². The smallest absolute Gasteiger partial charge is 0.337 e. The first-order valence-corrected chi connectivity index (χ1v) is 17.8. The number of hydrogen-bond acceptors (Lipinski definition) is 20. The summed E-state index contributed by atoms with van der Waals surface area (Å²) in [6, 6.07) is 0. The Balaban J connectivity index is 1.37. The maximum atomic E-state index is 14.1.